The van der Waals surface area contributed by atoms with Crippen LogP contribution in [0.5, 0.6) is 0 Å². The number of nitrogens with one attached hydrogen (secondary N) is 1. The first kappa shape index (κ1) is 12.5. The number of carbonyl (C=O) groups excluding carboxylic acids is 1. The fraction of sp³-hybridized carbons (Fsp3) is 0.533. The smallest absolute Gasteiger partial charge is 0.228 e. The topological polar surface area (TPSA) is 35.6 Å². The molecule has 0 radical (unpaired) electrons. The van der Waals surface area contributed by atoms with E-state index in [1.165, 1.54) is 11.3 Å². The minimum Gasteiger partial charge on any atom is -0.368 e. The number of aryl methyl sites for hydroxylation is 1. The molecule has 0 atom stereocenters. The van der Waals surface area contributed by atoms with Crippen LogP contribution in [-0.2, 0) is 4.79 Å². The molecule has 4 heteroatoms. The summed E-state index contributed by atoms with van der Waals surface area (Å²) in [5, 5.41) is 3.17. The third-order valence-electron chi connectivity index (χ3n) is 4.18. The summed E-state index contributed by atoms with van der Waals surface area (Å²) in [5.74, 6) is 0.563. The second-order valence-electron chi connectivity index (χ2n) is 5.45. The van der Waals surface area contributed by atoms with Gasteiger partial charge in [-0.3, -0.25) is 4.79 Å². The van der Waals surface area contributed by atoms with Crippen molar-refractivity contribution >= 4 is 11.6 Å². The molecule has 2 aliphatic heterocycles. The molecule has 102 valence electrons. The largest absolute Gasteiger partial charge is 0.368 e. The Balaban J connectivity index is 1.60. The van der Waals surface area contributed by atoms with Gasteiger partial charge in [0.2, 0.25) is 5.91 Å². The first-order chi connectivity index (χ1) is 9.25. The molecule has 0 spiro atoms. The SMILES string of the molecule is Cc1ccccc1N1CCN(C(=O)C2CNC2)CC1. The van der Waals surface area contributed by atoms with Crippen molar-refractivity contribution in [3.63, 3.8) is 0 Å². The first-order valence-corrected chi connectivity index (χ1v) is 7.06. The fourth-order valence-electron chi connectivity index (χ4n) is 2.81. The number of hydrogen-bond acceptors (Lipinski definition) is 3. The van der Waals surface area contributed by atoms with Gasteiger partial charge < -0.3 is 15.1 Å². The Bertz CT molecular complexity index is 462. The zero-order chi connectivity index (χ0) is 13.2. The summed E-state index contributed by atoms with van der Waals surface area (Å²) in [4.78, 5) is 16.6. The highest BCUT2D eigenvalue weighted by Gasteiger charge is 2.31. The first-order valence-electron chi connectivity index (χ1n) is 7.06. The Morgan fingerprint density at radius 3 is 2.42 bits per heavy atom. The van der Waals surface area contributed by atoms with Crippen molar-refractivity contribution in [2.45, 2.75) is 6.92 Å². The predicted molar refractivity (Wildman–Crippen MR) is 76.3 cm³/mol. The molecular formula is C15H21N3O. The number of hydrogen-bond donors (Lipinski definition) is 1. The summed E-state index contributed by atoms with van der Waals surface area (Å²) >= 11 is 0. The van der Waals surface area contributed by atoms with E-state index in [1.54, 1.807) is 0 Å². The summed E-state index contributed by atoms with van der Waals surface area (Å²) in [6, 6.07) is 8.47. The van der Waals surface area contributed by atoms with Crippen LogP contribution >= 0.6 is 0 Å². The van der Waals surface area contributed by atoms with Crippen molar-refractivity contribution in [3.8, 4) is 0 Å². The lowest BCUT2D eigenvalue weighted by atomic mass is 10.0. The average molecular weight is 259 g/mol. The number of anilines is 1. The van der Waals surface area contributed by atoms with Crippen LogP contribution in [0.4, 0.5) is 5.69 Å². The van der Waals surface area contributed by atoms with Gasteiger partial charge in [-0.1, -0.05) is 18.2 Å². The zero-order valence-electron chi connectivity index (χ0n) is 11.4. The Morgan fingerprint density at radius 1 is 1.16 bits per heavy atom. The molecule has 3 rings (SSSR count). The van der Waals surface area contributed by atoms with Crippen LogP contribution in [-0.4, -0.2) is 50.1 Å². The van der Waals surface area contributed by atoms with Gasteiger partial charge in [-0.25, -0.2) is 0 Å². The molecule has 0 aliphatic carbocycles. The van der Waals surface area contributed by atoms with Gasteiger partial charge in [0, 0.05) is 45.0 Å². The second kappa shape index (κ2) is 5.21. The minimum absolute atomic E-state index is 0.227. The highest BCUT2D eigenvalue weighted by molar-refractivity contribution is 5.80. The number of amides is 1. The molecule has 2 fully saturated rings. The number of nitrogens with zero attached hydrogens (tertiary/aromatic N) is 2. The Labute approximate surface area is 114 Å². The Hall–Kier alpha value is -1.55. The molecule has 1 amide bonds. The lowest BCUT2D eigenvalue weighted by Crippen LogP contribution is -2.56. The zero-order valence-corrected chi connectivity index (χ0v) is 11.4. The number of carbonyl (C=O) groups is 1. The lowest BCUT2D eigenvalue weighted by Gasteiger charge is -2.39. The highest BCUT2D eigenvalue weighted by Crippen LogP contribution is 2.21. The van der Waals surface area contributed by atoms with Crippen molar-refractivity contribution in [1.82, 2.24) is 10.2 Å². The molecule has 4 nitrogen and oxygen atoms in total. The molecule has 1 aromatic rings. The Morgan fingerprint density at radius 2 is 1.84 bits per heavy atom. The summed E-state index contributed by atoms with van der Waals surface area (Å²) in [7, 11) is 0. The summed E-state index contributed by atoms with van der Waals surface area (Å²) in [5.41, 5.74) is 2.62. The van der Waals surface area contributed by atoms with Gasteiger partial charge in [-0.2, -0.15) is 0 Å². The van der Waals surface area contributed by atoms with Crippen molar-refractivity contribution in [1.29, 1.82) is 0 Å². The van der Waals surface area contributed by atoms with Crippen LogP contribution in [0.15, 0.2) is 24.3 Å². The molecule has 19 heavy (non-hydrogen) atoms. The van der Waals surface area contributed by atoms with E-state index < -0.39 is 0 Å². The molecule has 2 aliphatic rings. The van der Waals surface area contributed by atoms with E-state index in [2.05, 4.69) is 41.4 Å². The van der Waals surface area contributed by atoms with E-state index in [0.29, 0.717) is 5.91 Å². The summed E-state index contributed by atoms with van der Waals surface area (Å²) in [6.07, 6.45) is 0. The number of rotatable bonds is 2. The second-order valence-corrected chi connectivity index (χ2v) is 5.45. The van der Waals surface area contributed by atoms with Gasteiger partial charge in [0.25, 0.3) is 0 Å². The van der Waals surface area contributed by atoms with Crippen LogP contribution in [0, 0.1) is 12.8 Å². The van der Waals surface area contributed by atoms with Crippen molar-refractivity contribution < 1.29 is 4.79 Å². The van der Waals surface area contributed by atoms with E-state index in [-0.39, 0.29) is 5.92 Å². The van der Waals surface area contributed by atoms with E-state index in [1.807, 2.05) is 4.90 Å². The van der Waals surface area contributed by atoms with E-state index in [4.69, 9.17) is 0 Å². The van der Waals surface area contributed by atoms with Crippen LogP contribution < -0.4 is 10.2 Å². The molecular weight excluding hydrogens is 238 g/mol. The monoisotopic (exact) mass is 259 g/mol. The molecule has 0 unspecified atom stereocenters. The highest BCUT2D eigenvalue weighted by atomic mass is 16.2. The maximum atomic E-state index is 12.2. The lowest BCUT2D eigenvalue weighted by molar-refractivity contribution is -0.137. The molecule has 0 bridgehead atoms. The van der Waals surface area contributed by atoms with Gasteiger partial charge in [0.1, 0.15) is 0 Å². The van der Waals surface area contributed by atoms with Gasteiger partial charge in [-0.15, -0.1) is 0 Å². The predicted octanol–water partition coefficient (Wildman–Crippen LogP) is 0.863. The quantitative estimate of drug-likeness (QED) is 0.856. The van der Waals surface area contributed by atoms with Crippen LogP contribution in [0.1, 0.15) is 5.56 Å². The fourth-order valence-corrected chi connectivity index (χ4v) is 2.81. The maximum absolute atomic E-state index is 12.2. The van der Waals surface area contributed by atoms with E-state index >= 15 is 0 Å². The molecule has 0 aromatic heterocycles. The van der Waals surface area contributed by atoms with Crippen molar-refractivity contribution in [3.05, 3.63) is 29.8 Å². The average Bonchev–Trinajstić information content (AvgIpc) is 2.37. The van der Waals surface area contributed by atoms with Crippen molar-refractivity contribution in [2.24, 2.45) is 5.92 Å². The maximum Gasteiger partial charge on any atom is 0.228 e. The van der Waals surface area contributed by atoms with Gasteiger partial charge in [0.05, 0.1) is 5.92 Å². The number of piperazine rings is 1. The van der Waals surface area contributed by atoms with Gasteiger partial charge in [0.15, 0.2) is 0 Å². The summed E-state index contributed by atoms with van der Waals surface area (Å²) < 4.78 is 0. The van der Waals surface area contributed by atoms with Crippen molar-refractivity contribution in [2.75, 3.05) is 44.2 Å². The third-order valence-corrected chi connectivity index (χ3v) is 4.18. The normalized spacial score (nSPS) is 20.3. The van der Waals surface area contributed by atoms with Gasteiger partial charge in [-0.05, 0) is 18.6 Å². The van der Waals surface area contributed by atoms with Crippen LogP contribution in [0.25, 0.3) is 0 Å². The number of para-hydroxylation sites is 1. The summed E-state index contributed by atoms with van der Waals surface area (Å²) in [6.45, 7) is 7.45. The molecule has 1 aromatic carbocycles. The minimum atomic E-state index is 0.227. The van der Waals surface area contributed by atoms with Crippen LogP contribution in [0.3, 0.4) is 0 Å². The standard InChI is InChI=1S/C15H21N3O/c1-12-4-2-3-5-14(12)17-6-8-18(9-7-17)15(19)13-10-16-11-13/h2-5,13,16H,6-11H2,1H3. The Kier molecular flexibility index (Phi) is 3.42. The van der Waals surface area contributed by atoms with Crippen LogP contribution in [0.2, 0.25) is 0 Å². The van der Waals surface area contributed by atoms with E-state index in [0.717, 1.165) is 39.3 Å². The van der Waals surface area contributed by atoms with E-state index in [9.17, 15) is 4.79 Å². The molecule has 2 saturated heterocycles. The number of benzene rings is 1. The molecule has 2 heterocycles. The molecule has 0 saturated carbocycles. The van der Waals surface area contributed by atoms with Gasteiger partial charge >= 0.3 is 0 Å². The third kappa shape index (κ3) is 2.45. The molecule has 1 N–H and O–H groups in total.